The number of hydrogen-bond acceptors (Lipinski definition) is 4. The van der Waals surface area contributed by atoms with Crippen molar-refractivity contribution in [2.24, 2.45) is 5.73 Å². The van der Waals surface area contributed by atoms with Gasteiger partial charge in [0.05, 0.1) is 11.7 Å². The zero-order chi connectivity index (χ0) is 15.3. The quantitative estimate of drug-likeness (QED) is 0.643. The molecule has 0 spiro atoms. The Hall–Kier alpha value is -0.430. The van der Waals surface area contributed by atoms with E-state index in [4.69, 9.17) is 5.73 Å². The molecule has 1 aromatic heterocycles. The molecule has 1 heterocycles. The van der Waals surface area contributed by atoms with E-state index in [0.717, 1.165) is 24.2 Å². The van der Waals surface area contributed by atoms with Gasteiger partial charge in [-0.1, -0.05) is 0 Å². The lowest BCUT2D eigenvalue weighted by molar-refractivity contribution is -0.122. The Balaban J connectivity index is 0. The van der Waals surface area contributed by atoms with Crippen LogP contribution in [0.2, 0.25) is 0 Å². The number of rotatable bonds is 7. The van der Waals surface area contributed by atoms with Crippen molar-refractivity contribution in [1.29, 1.82) is 0 Å². The number of aromatic amines is 1. The van der Waals surface area contributed by atoms with Crippen LogP contribution in [0, 0.1) is 13.8 Å². The van der Waals surface area contributed by atoms with Crippen molar-refractivity contribution in [2.45, 2.75) is 51.3 Å². The summed E-state index contributed by atoms with van der Waals surface area (Å²) in [6.45, 7) is 8.63. The minimum Gasteiger partial charge on any atom is -0.355 e. The molecule has 130 valence electrons. The maximum absolute atomic E-state index is 12.0. The molecule has 1 amide bonds. The number of nitrogens with one attached hydrogen (secondary N) is 2. The van der Waals surface area contributed by atoms with Crippen LogP contribution in [0.4, 0.5) is 0 Å². The second-order valence-corrected chi connectivity index (χ2v) is 7.05. The van der Waals surface area contributed by atoms with Crippen molar-refractivity contribution in [1.82, 2.24) is 15.5 Å². The van der Waals surface area contributed by atoms with E-state index >= 15 is 0 Å². The van der Waals surface area contributed by atoms with Crippen LogP contribution in [0.3, 0.4) is 0 Å². The molecule has 0 radical (unpaired) electrons. The average molecular weight is 371 g/mol. The fourth-order valence-electron chi connectivity index (χ4n) is 1.97. The van der Waals surface area contributed by atoms with Gasteiger partial charge in [0.25, 0.3) is 0 Å². The first-order valence-corrected chi connectivity index (χ1v) is 8.11. The van der Waals surface area contributed by atoms with Gasteiger partial charge in [0.1, 0.15) is 0 Å². The lowest BCUT2D eigenvalue weighted by atomic mass is 10.0. The molecule has 0 aliphatic rings. The molecule has 1 aromatic rings. The summed E-state index contributed by atoms with van der Waals surface area (Å²) in [4.78, 5) is 12.0. The smallest absolute Gasteiger partial charge is 0.238 e. The number of aromatic nitrogens is 2. The summed E-state index contributed by atoms with van der Waals surface area (Å²) in [5.74, 6) is -0.0787. The van der Waals surface area contributed by atoms with E-state index in [1.54, 1.807) is 11.8 Å². The number of carbonyl (C=O) groups is 1. The van der Waals surface area contributed by atoms with Gasteiger partial charge in [0, 0.05) is 17.0 Å². The number of nitrogens with zero attached hydrogens (tertiary/aromatic N) is 1. The van der Waals surface area contributed by atoms with Gasteiger partial charge in [-0.2, -0.15) is 16.9 Å². The summed E-state index contributed by atoms with van der Waals surface area (Å²) in [6.07, 6.45) is 3.77. The first-order valence-electron chi connectivity index (χ1n) is 6.88. The summed E-state index contributed by atoms with van der Waals surface area (Å²) in [6, 6.07) is -0.491. The molecule has 5 nitrogen and oxygen atoms in total. The summed E-state index contributed by atoms with van der Waals surface area (Å²) in [5, 5.41) is 10.1. The molecule has 0 saturated heterocycles. The maximum atomic E-state index is 12.0. The van der Waals surface area contributed by atoms with Gasteiger partial charge < -0.3 is 11.1 Å². The predicted molar refractivity (Wildman–Crippen MR) is 99.5 cm³/mol. The fraction of sp³-hybridized carbons (Fsp3) is 0.714. The lowest BCUT2D eigenvalue weighted by Crippen LogP contribution is -2.52. The molecule has 0 aromatic carbocycles. The zero-order valence-electron chi connectivity index (χ0n) is 13.9. The van der Waals surface area contributed by atoms with Gasteiger partial charge in [0.2, 0.25) is 5.91 Å². The molecule has 4 N–H and O–H groups in total. The largest absolute Gasteiger partial charge is 0.355 e. The number of hydrogen-bond donors (Lipinski definition) is 3. The standard InChI is InChI=1S/C14H26N4OS.2ClH/c1-9-11(10(2)18-17-9)7-6-8-16-13(19)12(15)14(3,4)20-5;;/h12H,6-8,15H2,1-5H3,(H,16,19)(H,17,18);2*1H/t12-;;/m1../s1. The summed E-state index contributed by atoms with van der Waals surface area (Å²) in [7, 11) is 0. The minimum atomic E-state index is -0.491. The van der Waals surface area contributed by atoms with Crippen LogP contribution >= 0.6 is 36.6 Å². The van der Waals surface area contributed by atoms with Crippen molar-refractivity contribution >= 4 is 42.5 Å². The lowest BCUT2D eigenvalue weighted by Gasteiger charge is -2.28. The predicted octanol–water partition coefficient (Wildman–Crippen LogP) is 2.39. The van der Waals surface area contributed by atoms with Crippen molar-refractivity contribution in [3.8, 4) is 0 Å². The third-order valence-corrected chi connectivity index (χ3v) is 5.05. The Morgan fingerprint density at radius 2 is 2.00 bits per heavy atom. The zero-order valence-corrected chi connectivity index (χ0v) is 16.3. The molecule has 0 aliphatic carbocycles. The summed E-state index contributed by atoms with van der Waals surface area (Å²) >= 11 is 1.61. The van der Waals surface area contributed by atoms with Crippen LogP contribution in [0.1, 0.15) is 37.2 Å². The van der Waals surface area contributed by atoms with Gasteiger partial charge in [0.15, 0.2) is 0 Å². The molecule has 8 heteroatoms. The number of aryl methyl sites for hydroxylation is 2. The van der Waals surface area contributed by atoms with E-state index in [-0.39, 0.29) is 35.5 Å². The Morgan fingerprint density at radius 3 is 2.45 bits per heavy atom. The first kappa shape index (κ1) is 23.8. The second kappa shape index (κ2) is 10.4. The Morgan fingerprint density at radius 1 is 1.41 bits per heavy atom. The van der Waals surface area contributed by atoms with Crippen LogP contribution in [0.15, 0.2) is 0 Å². The number of halogens is 2. The van der Waals surface area contributed by atoms with E-state index in [1.807, 2.05) is 34.0 Å². The third kappa shape index (κ3) is 6.36. The molecule has 0 aliphatic heterocycles. The van der Waals surface area contributed by atoms with Crippen LogP contribution < -0.4 is 11.1 Å². The SMILES string of the molecule is CSC(C)(C)[C@H](N)C(=O)NCCCc1c(C)n[nH]c1C.Cl.Cl. The highest BCUT2D eigenvalue weighted by atomic mass is 35.5. The molecule has 0 bridgehead atoms. The van der Waals surface area contributed by atoms with Crippen LogP contribution in [-0.4, -0.2) is 39.7 Å². The second-order valence-electron chi connectivity index (χ2n) is 5.59. The Kier molecular flexibility index (Phi) is 11.2. The molecule has 1 atom stereocenters. The summed E-state index contributed by atoms with van der Waals surface area (Å²) in [5.41, 5.74) is 9.37. The van der Waals surface area contributed by atoms with E-state index in [2.05, 4.69) is 15.5 Å². The highest BCUT2D eigenvalue weighted by molar-refractivity contribution is 8.00. The fourth-order valence-corrected chi connectivity index (χ4v) is 2.33. The minimum absolute atomic E-state index is 0. The monoisotopic (exact) mass is 370 g/mol. The number of H-pyrrole nitrogens is 1. The van der Waals surface area contributed by atoms with Gasteiger partial charge >= 0.3 is 0 Å². The van der Waals surface area contributed by atoms with E-state index in [9.17, 15) is 4.79 Å². The van der Waals surface area contributed by atoms with Crippen LogP contribution in [0.5, 0.6) is 0 Å². The highest BCUT2D eigenvalue weighted by Crippen LogP contribution is 2.24. The Labute approximate surface area is 149 Å². The topological polar surface area (TPSA) is 83.8 Å². The molecule has 0 fully saturated rings. The molecule has 0 unspecified atom stereocenters. The molecule has 22 heavy (non-hydrogen) atoms. The molecule has 1 rings (SSSR count). The molecule has 0 saturated carbocycles. The first-order chi connectivity index (χ1) is 9.29. The maximum Gasteiger partial charge on any atom is 0.238 e. The van der Waals surface area contributed by atoms with Gasteiger partial charge in [-0.05, 0) is 52.4 Å². The highest BCUT2D eigenvalue weighted by Gasteiger charge is 2.30. The van der Waals surface area contributed by atoms with E-state index in [0.29, 0.717) is 6.54 Å². The van der Waals surface area contributed by atoms with Crippen molar-refractivity contribution in [3.63, 3.8) is 0 Å². The number of amides is 1. The number of nitrogens with two attached hydrogens (primary N) is 1. The summed E-state index contributed by atoms with van der Waals surface area (Å²) < 4.78 is -0.248. The van der Waals surface area contributed by atoms with E-state index in [1.165, 1.54) is 5.56 Å². The number of carbonyl (C=O) groups excluding carboxylic acids is 1. The third-order valence-electron chi connectivity index (χ3n) is 3.74. The normalized spacial score (nSPS) is 12.1. The van der Waals surface area contributed by atoms with Crippen LogP contribution in [0.25, 0.3) is 0 Å². The Bertz CT molecular complexity index is 446. The van der Waals surface area contributed by atoms with Crippen molar-refractivity contribution in [2.75, 3.05) is 12.8 Å². The van der Waals surface area contributed by atoms with Gasteiger partial charge in [-0.15, -0.1) is 24.8 Å². The van der Waals surface area contributed by atoms with Gasteiger partial charge in [-0.3, -0.25) is 9.89 Å². The van der Waals surface area contributed by atoms with Crippen LogP contribution in [-0.2, 0) is 11.2 Å². The molecular formula is C14H28Cl2N4OS. The van der Waals surface area contributed by atoms with Crippen molar-refractivity contribution < 1.29 is 4.79 Å². The van der Waals surface area contributed by atoms with Crippen molar-refractivity contribution in [3.05, 3.63) is 17.0 Å². The van der Waals surface area contributed by atoms with Gasteiger partial charge in [-0.25, -0.2) is 0 Å². The number of thioether (sulfide) groups is 1. The van der Waals surface area contributed by atoms with E-state index < -0.39 is 6.04 Å². The molecular weight excluding hydrogens is 343 g/mol. The average Bonchev–Trinajstić information content (AvgIpc) is 2.73.